The average Bonchev–Trinajstić information content (AvgIpc) is 2.48. The van der Waals surface area contributed by atoms with Crippen molar-refractivity contribution < 1.29 is 14.6 Å². The topological polar surface area (TPSA) is 58.6 Å². The van der Waals surface area contributed by atoms with Crippen LogP contribution in [0.1, 0.15) is 37.4 Å². The molecule has 0 spiro atoms. The summed E-state index contributed by atoms with van der Waals surface area (Å²) in [5.41, 5.74) is 0.619. The molecular formula is C15H21NO3. The fraction of sp³-hybridized carbons (Fsp3) is 0.533. The lowest BCUT2D eigenvalue weighted by molar-refractivity contribution is -0.129. The normalized spacial score (nSPS) is 20.8. The third-order valence-electron chi connectivity index (χ3n) is 3.40. The largest absolute Gasteiger partial charge is 0.378 e. The Kier molecular flexibility index (Phi) is 5.36. The van der Waals surface area contributed by atoms with Crippen LogP contribution < -0.4 is 5.32 Å². The van der Waals surface area contributed by atoms with E-state index in [0.29, 0.717) is 12.1 Å². The zero-order valence-electron chi connectivity index (χ0n) is 11.0. The second-order valence-electron chi connectivity index (χ2n) is 4.88. The molecule has 19 heavy (non-hydrogen) atoms. The first-order valence-electron chi connectivity index (χ1n) is 6.89. The molecule has 0 bridgehead atoms. The standard InChI is InChI=1S/C15H21NO3/c17-14(12-6-2-1-3-7-12)15(18)16-10-9-13-8-4-5-11-19-13/h1-3,6-7,13-14,17H,4-5,8-11H2,(H,16,18). The van der Waals surface area contributed by atoms with Crippen LogP contribution in [-0.2, 0) is 9.53 Å². The number of ether oxygens (including phenoxy) is 1. The first-order valence-corrected chi connectivity index (χ1v) is 6.89. The number of benzene rings is 1. The van der Waals surface area contributed by atoms with Gasteiger partial charge in [0.25, 0.3) is 5.91 Å². The van der Waals surface area contributed by atoms with Gasteiger partial charge in [0.2, 0.25) is 0 Å². The van der Waals surface area contributed by atoms with Gasteiger partial charge in [-0.2, -0.15) is 0 Å². The maximum Gasteiger partial charge on any atom is 0.253 e. The molecule has 1 saturated heterocycles. The fourth-order valence-electron chi connectivity index (χ4n) is 2.27. The summed E-state index contributed by atoms with van der Waals surface area (Å²) < 4.78 is 5.59. The van der Waals surface area contributed by atoms with E-state index in [1.807, 2.05) is 18.2 Å². The van der Waals surface area contributed by atoms with Crippen molar-refractivity contribution in [1.29, 1.82) is 0 Å². The highest BCUT2D eigenvalue weighted by molar-refractivity contribution is 5.81. The molecule has 1 aliphatic rings. The Labute approximate surface area is 113 Å². The number of nitrogens with one attached hydrogen (secondary N) is 1. The first-order chi connectivity index (χ1) is 9.27. The lowest BCUT2D eigenvalue weighted by Crippen LogP contribution is -2.32. The van der Waals surface area contributed by atoms with Crippen molar-refractivity contribution in [1.82, 2.24) is 5.32 Å². The van der Waals surface area contributed by atoms with Gasteiger partial charge in [0.15, 0.2) is 6.10 Å². The van der Waals surface area contributed by atoms with E-state index in [2.05, 4.69) is 5.32 Å². The minimum absolute atomic E-state index is 0.253. The molecule has 2 unspecified atom stereocenters. The number of hydrogen-bond donors (Lipinski definition) is 2. The molecular weight excluding hydrogens is 242 g/mol. The van der Waals surface area contributed by atoms with Crippen molar-refractivity contribution in [3.63, 3.8) is 0 Å². The Bertz CT molecular complexity index is 388. The molecule has 0 aliphatic carbocycles. The second kappa shape index (κ2) is 7.26. The van der Waals surface area contributed by atoms with Gasteiger partial charge in [-0.05, 0) is 31.2 Å². The highest BCUT2D eigenvalue weighted by atomic mass is 16.5. The van der Waals surface area contributed by atoms with Crippen molar-refractivity contribution in [2.45, 2.75) is 37.9 Å². The van der Waals surface area contributed by atoms with Crippen LogP contribution in [0.5, 0.6) is 0 Å². The number of rotatable bonds is 5. The van der Waals surface area contributed by atoms with Crippen LogP contribution in [0.25, 0.3) is 0 Å². The molecule has 2 N–H and O–H groups in total. The van der Waals surface area contributed by atoms with E-state index in [1.54, 1.807) is 12.1 Å². The number of aliphatic hydroxyl groups is 1. The van der Waals surface area contributed by atoms with E-state index >= 15 is 0 Å². The summed E-state index contributed by atoms with van der Waals surface area (Å²) in [5.74, 6) is -0.345. The minimum Gasteiger partial charge on any atom is -0.378 e. The SMILES string of the molecule is O=C(NCCC1CCCCO1)C(O)c1ccccc1. The Balaban J connectivity index is 1.72. The number of amides is 1. The summed E-state index contributed by atoms with van der Waals surface area (Å²) in [6.07, 6.45) is 3.38. The van der Waals surface area contributed by atoms with Crippen LogP contribution in [0.2, 0.25) is 0 Å². The molecule has 2 rings (SSSR count). The van der Waals surface area contributed by atoms with Crippen molar-refractivity contribution >= 4 is 5.91 Å². The summed E-state index contributed by atoms with van der Waals surface area (Å²) >= 11 is 0. The van der Waals surface area contributed by atoms with Crippen LogP contribution in [-0.4, -0.2) is 30.3 Å². The summed E-state index contributed by atoms with van der Waals surface area (Å²) in [6, 6.07) is 8.96. The van der Waals surface area contributed by atoms with Gasteiger partial charge in [-0.3, -0.25) is 4.79 Å². The van der Waals surface area contributed by atoms with Gasteiger partial charge in [-0.15, -0.1) is 0 Å². The van der Waals surface area contributed by atoms with E-state index in [0.717, 1.165) is 25.9 Å². The summed E-state index contributed by atoms with van der Waals surface area (Å²) in [7, 11) is 0. The predicted octanol–water partition coefficient (Wildman–Crippen LogP) is 1.80. The second-order valence-corrected chi connectivity index (χ2v) is 4.88. The van der Waals surface area contributed by atoms with Gasteiger partial charge in [-0.25, -0.2) is 0 Å². The molecule has 104 valence electrons. The van der Waals surface area contributed by atoms with Gasteiger partial charge in [0.1, 0.15) is 0 Å². The van der Waals surface area contributed by atoms with Crippen LogP contribution >= 0.6 is 0 Å². The quantitative estimate of drug-likeness (QED) is 0.851. The maximum atomic E-state index is 11.8. The zero-order valence-corrected chi connectivity index (χ0v) is 11.0. The van der Waals surface area contributed by atoms with Crippen LogP contribution in [0, 0.1) is 0 Å². The van der Waals surface area contributed by atoms with E-state index in [4.69, 9.17) is 4.74 Å². The smallest absolute Gasteiger partial charge is 0.253 e. The van der Waals surface area contributed by atoms with E-state index in [1.165, 1.54) is 6.42 Å². The average molecular weight is 263 g/mol. The first kappa shape index (κ1) is 14.0. The van der Waals surface area contributed by atoms with Gasteiger partial charge in [0, 0.05) is 13.2 Å². The number of carbonyl (C=O) groups is 1. The van der Waals surface area contributed by atoms with Gasteiger partial charge >= 0.3 is 0 Å². The summed E-state index contributed by atoms with van der Waals surface area (Å²) in [5, 5.41) is 12.6. The Hall–Kier alpha value is -1.39. The van der Waals surface area contributed by atoms with Crippen molar-refractivity contribution in [2.24, 2.45) is 0 Å². The van der Waals surface area contributed by atoms with E-state index in [-0.39, 0.29) is 12.0 Å². The lowest BCUT2D eigenvalue weighted by Gasteiger charge is -2.22. The highest BCUT2D eigenvalue weighted by Gasteiger charge is 2.18. The molecule has 4 nitrogen and oxygen atoms in total. The molecule has 2 atom stereocenters. The van der Waals surface area contributed by atoms with Crippen molar-refractivity contribution in [3.8, 4) is 0 Å². The lowest BCUT2D eigenvalue weighted by atomic mass is 10.1. The summed E-state index contributed by atoms with van der Waals surface area (Å²) in [6.45, 7) is 1.37. The molecule has 1 aliphatic heterocycles. The van der Waals surface area contributed by atoms with Crippen molar-refractivity contribution in [2.75, 3.05) is 13.2 Å². The van der Waals surface area contributed by atoms with Gasteiger partial charge < -0.3 is 15.2 Å². The van der Waals surface area contributed by atoms with E-state index in [9.17, 15) is 9.90 Å². The summed E-state index contributed by atoms with van der Waals surface area (Å²) in [4.78, 5) is 11.8. The third-order valence-corrected chi connectivity index (χ3v) is 3.40. The molecule has 1 fully saturated rings. The zero-order chi connectivity index (χ0) is 13.5. The van der Waals surface area contributed by atoms with Crippen LogP contribution in [0.3, 0.4) is 0 Å². The minimum atomic E-state index is -1.09. The molecule has 0 aromatic heterocycles. The Morgan fingerprint density at radius 3 is 2.84 bits per heavy atom. The van der Waals surface area contributed by atoms with Gasteiger partial charge in [0.05, 0.1) is 6.10 Å². The molecule has 1 heterocycles. The van der Waals surface area contributed by atoms with Crippen molar-refractivity contribution in [3.05, 3.63) is 35.9 Å². The van der Waals surface area contributed by atoms with E-state index < -0.39 is 6.10 Å². The highest BCUT2D eigenvalue weighted by Crippen LogP contribution is 2.15. The molecule has 1 aromatic carbocycles. The van der Waals surface area contributed by atoms with Crippen LogP contribution in [0.4, 0.5) is 0 Å². The Morgan fingerprint density at radius 2 is 2.16 bits per heavy atom. The molecule has 4 heteroatoms. The number of hydrogen-bond acceptors (Lipinski definition) is 3. The fourth-order valence-corrected chi connectivity index (χ4v) is 2.27. The number of aliphatic hydroxyl groups excluding tert-OH is 1. The molecule has 1 aromatic rings. The molecule has 1 amide bonds. The number of carbonyl (C=O) groups excluding carboxylic acids is 1. The van der Waals surface area contributed by atoms with Crippen LogP contribution in [0.15, 0.2) is 30.3 Å². The monoisotopic (exact) mass is 263 g/mol. The molecule has 0 saturated carbocycles. The molecule has 0 radical (unpaired) electrons. The Morgan fingerprint density at radius 1 is 1.37 bits per heavy atom. The third kappa shape index (κ3) is 4.33. The predicted molar refractivity (Wildman–Crippen MR) is 72.6 cm³/mol. The maximum absolute atomic E-state index is 11.8. The van der Waals surface area contributed by atoms with Gasteiger partial charge in [-0.1, -0.05) is 30.3 Å².